The summed E-state index contributed by atoms with van der Waals surface area (Å²) in [6.45, 7) is 1.90. The normalized spacial score (nSPS) is 10.4. The minimum absolute atomic E-state index is 0.0831. The standard InChI is InChI=1S/C10H10FN3OS/c1-6-13-14-10(16-6)15-9-4-2-3-8(11)7(9)5-12/h2-4H,5,12H2,1H3. The number of hydrogen-bond donors (Lipinski definition) is 1. The summed E-state index contributed by atoms with van der Waals surface area (Å²) in [5.41, 5.74) is 5.80. The molecule has 0 aliphatic heterocycles. The molecule has 84 valence electrons. The van der Waals surface area contributed by atoms with Gasteiger partial charge in [-0.2, -0.15) is 0 Å². The average molecular weight is 239 g/mol. The Labute approximate surface area is 95.9 Å². The maximum absolute atomic E-state index is 13.4. The summed E-state index contributed by atoms with van der Waals surface area (Å²) in [5, 5.41) is 8.79. The fourth-order valence-corrected chi connectivity index (χ4v) is 1.79. The number of nitrogens with zero attached hydrogens (tertiary/aromatic N) is 2. The van der Waals surface area contributed by atoms with Crippen molar-refractivity contribution in [2.24, 2.45) is 5.73 Å². The number of nitrogens with two attached hydrogens (primary N) is 1. The Bertz CT molecular complexity index is 501. The molecule has 0 spiro atoms. The summed E-state index contributed by atoms with van der Waals surface area (Å²) in [6, 6.07) is 4.57. The van der Waals surface area contributed by atoms with Crippen LogP contribution in [0, 0.1) is 12.7 Å². The van der Waals surface area contributed by atoms with Crippen molar-refractivity contribution < 1.29 is 9.13 Å². The van der Waals surface area contributed by atoms with Gasteiger partial charge in [-0.1, -0.05) is 22.5 Å². The second kappa shape index (κ2) is 4.54. The first-order chi connectivity index (χ1) is 7.70. The number of aromatic nitrogens is 2. The summed E-state index contributed by atoms with van der Waals surface area (Å²) in [4.78, 5) is 0. The fraction of sp³-hybridized carbons (Fsp3) is 0.200. The van der Waals surface area contributed by atoms with Gasteiger partial charge in [-0.25, -0.2) is 4.39 Å². The summed E-state index contributed by atoms with van der Waals surface area (Å²) in [6.07, 6.45) is 0. The Kier molecular flexibility index (Phi) is 3.12. The predicted octanol–water partition coefficient (Wildman–Crippen LogP) is 2.24. The second-order valence-electron chi connectivity index (χ2n) is 3.11. The van der Waals surface area contributed by atoms with E-state index in [0.717, 1.165) is 5.01 Å². The molecule has 0 saturated carbocycles. The zero-order valence-corrected chi connectivity index (χ0v) is 9.42. The van der Waals surface area contributed by atoms with Crippen molar-refractivity contribution in [2.45, 2.75) is 13.5 Å². The molecule has 0 saturated heterocycles. The summed E-state index contributed by atoms with van der Waals surface area (Å²) in [5.74, 6) is 0.0138. The van der Waals surface area contributed by atoms with E-state index in [1.54, 1.807) is 12.1 Å². The van der Waals surface area contributed by atoms with Gasteiger partial charge in [-0.3, -0.25) is 0 Å². The highest BCUT2D eigenvalue weighted by molar-refractivity contribution is 7.13. The van der Waals surface area contributed by atoms with Gasteiger partial charge in [0.1, 0.15) is 16.6 Å². The Morgan fingerprint density at radius 3 is 2.88 bits per heavy atom. The van der Waals surface area contributed by atoms with Crippen LogP contribution in [0.3, 0.4) is 0 Å². The van der Waals surface area contributed by atoms with E-state index in [9.17, 15) is 4.39 Å². The van der Waals surface area contributed by atoms with Crippen LogP contribution in [0.5, 0.6) is 10.9 Å². The number of benzene rings is 1. The SMILES string of the molecule is Cc1nnc(Oc2cccc(F)c2CN)s1. The van der Waals surface area contributed by atoms with Crippen LogP contribution in [0.4, 0.5) is 4.39 Å². The third kappa shape index (κ3) is 2.17. The Morgan fingerprint density at radius 2 is 2.25 bits per heavy atom. The Morgan fingerprint density at radius 1 is 1.44 bits per heavy atom. The molecule has 0 unspecified atom stereocenters. The van der Waals surface area contributed by atoms with E-state index in [-0.39, 0.29) is 12.4 Å². The summed E-state index contributed by atoms with van der Waals surface area (Å²) < 4.78 is 18.8. The molecular formula is C10H10FN3OS. The molecule has 1 aromatic heterocycles. The molecule has 2 N–H and O–H groups in total. The lowest BCUT2D eigenvalue weighted by atomic mass is 10.2. The van der Waals surface area contributed by atoms with Gasteiger partial charge in [0.15, 0.2) is 0 Å². The maximum Gasteiger partial charge on any atom is 0.299 e. The van der Waals surface area contributed by atoms with Crippen LogP contribution in [0.15, 0.2) is 18.2 Å². The molecule has 0 bridgehead atoms. The van der Waals surface area contributed by atoms with E-state index in [4.69, 9.17) is 10.5 Å². The number of hydrogen-bond acceptors (Lipinski definition) is 5. The first-order valence-electron chi connectivity index (χ1n) is 4.66. The van der Waals surface area contributed by atoms with Crippen LogP contribution >= 0.6 is 11.3 Å². The molecule has 6 heteroatoms. The zero-order valence-electron chi connectivity index (χ0n) is 8.61. The molecule has 16 heavy (non-hydrogen) atoms. The van der Waals surface area contributed by atoms with E-state index in [2.05, 4.69) is 10.2 Å². The fourth-order valence-electron chi connectivity index (χ4n) is 1.25. The van der Waals surface area contributed by atoms with Gasteiger partial charge in [-0.15, -0.1) is 5.10 Å². The first-order valence-corrected chi connectivity index (χ1v) is 5.48. The minimum Gasteiger partial charge on any atom is -0.429 e. The lowest BCUT2D eigenvalue weighted by molar-refractivity contribution is 0.459. The van der Waals surface area contributed by atoms with Crippen LogP contribution in [0.2, 0.25) is 0 Å². The number of halogens is 1. The van der Waals surface area contributed by atoms with Crippen molar-refractivity contribution >= 4 is 11.3 Å². The molecule has 0 amide bonds. The number of rotatable bonds is 3. The van der Waals surface area contributed by atoms with Crippen LogP contribution in [0.1, 0.15) is 10.6 Å². The molecule has 0 aliphatic rings. The van der Waals surface area contributed by atoms with E-state index in [1.165, 1.54) is 17.4 Å². The van der Waals surface area contributed by atoms with E-state index < -0.39 is 0 Å². The van der Waals surface area contributed by atoms with Gasteiger partial charge >= 0.3 is 0 Å². The molecule has 2 aromatic rings. The minimum atomic E-state index is -0.374. The van der Waals surface area contributed by atoms with Crippen LogP contribution in [-0.4, -0.2) is 10.2 Å². The zero-order chi connectivity index (χ0) is 11.5. The highest BCUT2D eigenvalue weighted by atomic mass is 32.1. The van der Waals surface area contributed by atoms with Gasteiger partial charge < -0.3 is 10.5 Å². The third-order valence-corrected chi connectivity index (χ3v) is 2.70. The highest BCUT2D eigenvalue weighted by Gasteiger charge is 2.10. The maximum atomic E-state index is 13.4. The van der Waals surface area contributed by atoms with Crippen molar-refractivity contribution in [2.75, 3.05) is 0 Å². The predicted molar refractivity (Wildman–Crippen MR) is 59.0 cm³/mol. The van der Waals surface area contributed by atoms with Crippen LogP contribution < -0.4 is 10.5 Å². The molecule has 0 aliphatic carbocycles. The van der Waals surface area contributed by atoms with Crippen molar-refractivity contribution in [3.8, 4) is 10.9 Å². The Balaban J connectivity index is 2.30. The monoisotopic (exact) mass is 239 g/mol. The largest absolute Gasteiger partial charge is 0.429 e. The first kappa shape index (κ1) is 11.0. The number of ether oxygens (including phenoxy) is 1. The molecule has 2 rings (SSSR count). The second-order valence-corrected chi connectivity index (χ2v) is 4.25. The molecule has 1 heterocycles. The average Bonchev–Trinajstić information content (AvgIpc) is 2.64. The smallest absolute Gasteiger partial charge is 0.299 e. The van der Waals surface area contributed by atoms with Gasteiger partial charge in [0.2, 0.25) is 0 Å². The van der Waals surface area contributed by atoms with Crippen molar-refractivity contribution in [3.63, 3.8) is 0 Å². The van der Waals surface area contributed by atoms with Gasteiger partial charge in [0, 0.05) is 12.1 Å². The molecule has 0 fully saturated rings. The summed E-state index contributed by atoms with van der Waals surface area (Å²) in [7, 11) is 0. The van der Waals surface area contributed by atoms with Gasteiger partial charge in [0.25, 0.3) is 5.19 Å². The van der Waals surface area contributed by atoms with Gasteiger partial charge in [0.05, 0.1) is 0 Å². The quantitative estimate of drug-likeness (QED) is 0.892. The molecule has 0 atom stereocenters. The summed E-state index contributed by atoms with van der Waals surface area (Å²) >= 11 is 1.30. The van der Waals surface area contributed by atoms with E-state index in [1.807, 2.05) is 6.92 Å². The van der Waals surface area contributed by atoms with Crippen molar-refractivity contribution in [1.29, 1.82) is 0 Å². The van der Waals surface area contributed by atoms with E-state index in [0.29, 0.717) is 16.5 Å². The lowest BCUT2D eigenvalue weighted by Gasteiger charge is -2.07. The van der Waals surface area contributed by atoms with E-state index >= 15 is 0 Å². The topological polar surface area (TPSA) is 61.0 Å². The van der Waals surface area contributed by atoms with Crippen LogP contribution in [-0.2, 0) is 6.54 Å². The third-order valence-electron chi connectivity index (χ3n) is 1.98. The van der Waals surface area contributed by atoms with Crippen molar-refractivity contribution in [1.82, 2.24) is 10.2 Å². The lowest BCUT2D eigenvalue weighted by Crippen LogP contribution is -2.02. The molecule has 4 nitrogen and oxygen atoms in total. The molecule has 0 radical (unpaired) electrons. The molecular weight excluding hydrogens is 229 g/mol. The molecule has 1 aromatic carbocycles. The van der Waals surface area contributed by atoms with Crippen LogP contribution in [0.25, 0.3) is 0 Å². The Hall–Kier alpha value is -1.53. The van der Waals surface area contributed by atoms with Gasteiger partial charge in [-0.05, 0) is 19.1 Å². The highest BCUT2D eigenvalue weighted by Crippen LogP contribution is 2.28. The number of aryl methyl sites for hydroxylation is 1. The van der Waals surface area contributed by atoms with Crippen molar-refractivity contribution in [3.05, 3.63) is 34.6 Å².